The molecule has 1 aromatic rings. The SMILES string of the molecule is CCCCS(=O)(=O)S(=O)(=O)c1ccc(OC)cc1. The molecule has 0 bridgehead atoms. The van der Waals surface area contributed by atoms with Gasteiger partial charge in [-0.1, -0.05) is 13.3 Å². The first-order valence-corrected chi connectivity index (χ1v) is 9.12. The lowest BCUT2D eigenvalue weighted by atomic mass is 10.3. The monoisotopic (exact) mass is 292 g/mol. The molecule has 0 aliphatic rings. The minimum Gasteiger partial charge on any atom is -0.497 e. The molecule has 1 rings (SSSR count). The van der Waals surface area contributed by atoms with Crippen LogP contribution in [0.2, 0.25) is 0 Å². The van der Waals surface area contributed by atoms with E-state index >= 15 is 0 Å². The van der Waals surface area contributed by atoms with E-state index in [1.807, 2.05) is 0 Å². The van der Waals surface area contributed by atoms with Crippen LogP contribution in [0.5, 0.6) is 5.75 Å². The van der Waals surface area contributed by atoms with Gasteiger partial charge in [0.25, 0.3) is 17.7 Å². The number of rotatable bonds is 6. The average Bonchev–Trinajstić information content (AvgIpc) is 2.36. The molecule has 0 N–H and O–H groups in total. The molecule has 0 unspecified atom stereocenters. The van der Waals surface area contributed by atoms with Crippen molar-refractivity contribution in [3.05, 3.63) is 24.3 Å². The summed E-state index contributed by atoms with van der Waals surface area (Å²) in [5, 5.41) is 0. The van der Waals surface area contributed by atoms with E-state index in [0.717, 1.165) is 0 Å². The Morgan fingerprint density at radius 2 is 1.61 bits per heavy atom. The van der Waals surface area contributed by atoms with Crippen LogP contribution in [0.25, 0.3) is 0 Å². The minimum absolute atomic E-state index is 0.223. The lowest BCUT2D eigenvalue weighted by molar-refractivity contribution is 0.414. The van der Waals surface area contributed by atoms with E-state index in [0.29, 0.717) is 18.6 Å². The summed E-state index contributed by atoms with van der Waals surface area (Å²) in [4.78, 5) is -0.223. The van der Waals surface area contributed by atoms with E-state index in [9.17, 15) is 16.8 Å². The van der Waals surface area contributed by atoms with Crippen molar-refractivity contribution in [3.8, 4) is 5.75 Å². The molecular weight excluding hydrogens is 276 g/mol. The van der Waals surface area contributed by atoms with E-state index in [1.165, 1.54) is 31.4 Å². The predicted octanol–water partition coefficient (Wildman–Crippen LogP) is 1.60. The Morgan fingerprint density at radius 1 is 1.06 bits per heavy atom. The van der Waals surface area contributed by atoms with Gasteiger partial charge < -0.3 is 4.74 Å². The zero-order valence-electron chi connectivity index (χ0n) is 10.3. The van der Waals surface area contributed by atoms with E-state index in [2.05, 4.69) is 0 Å². The second-order valence-electron chi connectivity index (χ2n) is 3.75. The summed E-state index contributed by atoms with van der Waals surface area (Å²) in [6, 6.07) is 5.31. The number of methoxy groups -OCH3 is 1. The van der Waals surface area contributed by atoms with Gasteiger partial charge in [0.1, 0.15) is 5.75 Å². The highest BCUT2D eigenvalue weighted by Gasteiger charge is 2.30. The van der Waals surface area contributed by atoms with Gasteiger partial charge in [0.2, 0.25) is 0 Å². The van der Waals surface area contributed by atoms with Gasteiger partial charge in [-0.2, -0.15) is 0 Å². The summed E-state index contributed by atoms with van der Waals surface area (Å²) in [6.07, 6.45) is 0.953. The van der Waals surface area contributed by atoms with Crippen molar-refractivity contribution < 1.29 is 21.6 Å². The smallest absolute Gasteiger partial charge is 0.282 e. The first-order chi connectivity index (χ1) is 8.35. The van der Waals surface area contributed by atoms with Gasteiger partial charge in [0.05, 0.1) is 17.8 Å². The Hall–Kier alpha value is -1.08. The Kier molecular flexibility index (Phi) is 4.75. The first kappa shape index (κ1) is 15.0. The van der Waals surface area contributed by atoms with Crippen molar-refractivity contribution in [2.45, 2.75) is 24.7 Å². The molecule has 5 nitrogen and oxygen atoms in total. The van der Waals surface area contributed by atoms with E-state index in [4.69, 9.17) is 4.74 Å². The number of ether oxygens (including phenoxy) is 1. The molecule has 1 aromatic carbocycles. The molecule has 7 heteroatoms. The van der Waals surface area contributed by atoms with Crippen molar-refractivity contribution in [1.82, 2.24) is 0 Å². The molecule has 0 saturated heterocycles. The molecule has 0 amide bonds. The van der Waals surface area contributed by atoms with E-state index in [-0.39, 0.29) is 10.6 Å². The van der Waals surface area contributed by atoms with Crippen LogP contribution >= 0.6 is 0 Å². The minimum atomic E-state index is -4.32. The molecule has 0 spiro atoms. The third-order valence-corrected chi connectivity index (χ3v) is 7.82. The number of unbranched alkanes of at least 4 members (excludes halogenated alkanes) is 1. The lowest BCUT2D eigenvalue weighted by Gasteiger charge is -2.06. The fraction of sp³-hybridized carbons (Fsp3) is 0.455. The highest BCUT2D eigenvalue weighted by Crippen LogP contribution is 2.21. The lowest BCUT2D eigenvalue weighted by Crippen LogP contribution is -2.19. The third kappa shape index (κ3) is 3.02. The molecule has 0 atom stereocenters. The molecule has 0 heterocycles. The molecule has 0 fully saturated rings. The zero-order chi connectivity index (χ0) is 13.8. The summed E-state index contributed by atoms with van der Waals surface area (Å²) >= 11 is 0. The number of hydrogen-bond acceptors (Lipinski definition) is 5. The largest absolute Gasteiger partial charge is 0.497 e. The van der Waals surface area contributed by atoms with Gasteiger partial charge in [-0.15, -0.1) is 0 Å². The average molecular weight is 292 g/mol. The van der Waals surface area contributed by atoms with Crippen LogP contribution in [0, 0.1) is 0 Å². The van der Waals surface area contributed by atoms with Crippen LogP contribution in [0.4, 0.5) is 0 Å². The molecule has 0 saturated carbocycles. The highest BCUT2D eigenvalue weighted by atomic mass is 33.2. The van der Waals surface area contributed by atoms with Gasteiger partial charge in [0, 0.05) is 0 Å². The van der Waals surface area contributed by atoms with E-state index in [1.54, 1.807) is 6.92 Å². The van der Waals surface area contributed by atoms with Crippen LogP contribution in [0.15, 0.2) is 29.2 Å². The molecular formula is C11H16O5S2. The van der Waals surface area contributed by atoms with Crippen LogP contribution in [0.3, 0.4) is 0 Å². The summed E-state index contributed by atoms with van der Waals surface area (Å²) in [5.74, 6) is 0.123. The van der Waals surface area contributed by atoms with Crippen LogP contribution in [-0.4, -0.2) is 29.7 Å². The molecule has 0 aromatic heterocycles. The molecule has 102 valence electrons. The Labute approximate surface area is 107 Å². The van der Waals surface area contributed by atoms with Crippen LogP contribution in [-0.2, 0) is 17.7 Å². The Morgan fingerprint density at radius 3 is 2.06 bits per heavy atom. The van der Waals surface area contributed by atoms with Gasteiger partial charge in [-0.05, 0) is 30.7 Å². The Balaban J connectivity index is 3.13. The highest BCUT2D eigenvalue weighted by molar-refractivity contribution is 8.67. The quantitative estimate of drug-likeness (QED) is 0.744. The molecule has 18 heavy (non-hydrogen) atoms. The fourth-order valence-corrected chi connectivity index (χ4v) is 5.17. The maximum absolute atomic E-state index is 11.9. The van der Waals surface area contributed by atoms with Crippen molar-refractivity contribution in [2.75, 3.05) is 12.9 Å². The fourth-order valence-electron chi connectivity index (χ4n) is 1.32. The summed E-state index contributed by atoms with van der Waals surface area (Å²) < 4.78 is 52.2. The third-order valence-electron chi connectivity index (χ3n) is 2.43. The number of hydrogen-bond donors (Lipinski definition) is 0. The molecule has 0 aliphatic carbocycles. The zero-order valence-corrected chi connectivity index (χ0v) is 11.9. The topological polar surface area (TPSA) is 77.5 Å². The van der Waals surface area contributed by atoms with Crippen molar-refractivity contribution in [2.24, 2.45) is 0 Å². The van der Waals surface area contributed by atoms with Gasteiger partial charge in [-0.3, -0.25) is 0 Å². The summed E-state index contributed by atoms with van der Waals surface area (Å²) in [6.45, 7) is 1.80. The van der Waals surface area contributed by atoms with Crippen molar-refractivity contribution >= 4 is 17.7 Å². The number of benzene rings is 1. The molecule has 0 radical (unpaired) electrons. The van der Waals surface area contributed by atoms with Gasteiger partial charge in [-0.25, -0.2) is 16.8 Å². The van der Waals surface area contributed by atoms with E-state index < -0.39 is 17.7 Å². The van der Waals surface area contributed by atoms with Crippen LogP contribution < -0.4 is 4.74 Å². The van der Waals surface area contributed by atoms with Crippen molar-refractivity contribution in [1.29, 1.82) is 0 Å². The summed E-state index contributed by atoms with van der Waals surface area (Å²) in [7, 11) is -7.04. The molecule has 0 aliphatic heterocycles. The normalized spacial score (nSPS) is 12.3. The predicted molar refractivity (Wildman–Crippen MR) is 68.9 cm³/mol. The van der Waals surface area contributed by atoms with Crippen LogP contribution in [0.1, 0.15) is 19.8 Å². The Bertz CT molecular complexity index is 585. The second kappa shape index (κ2) is 5.71. The standard InChI is InChI=1S/C11H16O5S2/c1-3-4-9-17(12,13)18(14,15)11-7-5-10(16-2)6-8-11/h5-8H,3-4,9H2,1-2H3. The van der Waals surface area contributed by atoms with Gasteiger partial charge in [0.15, 0.2) is 0 Å². The van der Waals surface area contributed by atoms with Gasteiger partial charge >= 0.3 is 0 Å². The second-order valence-corrected chi connectivity index (χ2v) is 9.49. The first-order valence-electron chi connectivity index (χ1n) is 5.47. The summed E-state index contributed by atoms with van der Waals surface area (Å²) in [5.41, 5.74) is 0. The maximum atomic E-state index is 11.9. The maximum Gasteiger partial charge on any atom is 0.282 e. The van der Waals surface area contributed by atoms with Crippen molar-refractivity contribution in [3.63, 3.8) is 0 Å².